The number of nitrogens with one attached hydrogen (secondary N) is 1. The quantitative estimate of drug-likeness (QED) is 0.723. The van der Waals surface area contributed by atoms with Gasteiger partial charge in [0.1, 0.15) is 9.84 Å². The van der Waals surface area contributed by atoms with Crippen LogP contribution in [0.15, 0.2) is 0 Å². The molecule has 90 valence electrons. The molecule has 15 heavy (non-hydrogen) atoms. The van der Waals surface area contributed by atoms with Crippen molar-refractivity contribution in [2.45, 2.75) is 37.0 Å². The molecule has 1 fully saturated rings. The first-order valence-corrected chi connectivity index (χ1v) is 8.81. The van der Waals surface area contributed by atoms with Gasteiger partial charge in [0.2, 0.25) is 0 Å². The minimum absolute atomic E-state index is 0.302. The molecule has 0 aromatic rings. The van der Waals surface area contributed by atoms with Gasteiger partial charge in [-0.2, -0.15) is 11.8 Å². The standard InChI is InChI=1S/C10H21NO2S2/c1-14-10-6-3-5-9(10)11-7-4-8-15(2,12)13/h9-11H,3-8H2,1-2H3. The van der Waals surface area contributed by atoms with Crippen LogP contribution in [-0.4, -0.2) is 44.5 Å². The fraction of sp³-hybridized carbons (Fsp3) is 1.00. The lowest BCUT2D eigenvalue weighted by molar-refractivity contribution is 0.528. The summed E-state index contributed by atoms with van der Waals surface area (Å²) in [6, 6.07) is 0.597. The average Bonchev–Trinajstić information content (AvgIpc) is 2.58. The SMILES string of the molecule is CSC1CCCC1NCCCS(C)(=O)=O. The molecular weight excluding hydrogens is 230 g/mol. The first-order chi connectivity index (χ1) is 7.03. The van der Waals surface area contributed by atoms with Crippen molar-refractivity contribution in [3.8, 4) is 0 Å². The second kappa shape index (κ2) is 6.11. The predicted molar refractivity (Wildman–Crippen MR) is 67.3 cm³/mol. The summed E-state index contributed by atoms with van der Waals surface area (Å²) in [5, 5.41) is 4.20. The topological polar surface area (TPSA) is 46.2 Å². The third kappa shape index (κ3) is 5.22. The zero-order valence-electron chi connectivity index (χ0n) is 9.53. The highest BCUT2D eigenvalue weighted by atomic mass is 32.2. The summed E-state index contributed by atoms with van der Waals surface area (Å²) in [6.45, 7) is 0.828. The van der Waals surface area contributed by atoms with E-state index in [9.17, 15) is 8.42 Å². The third-order valence-corrected chi connectivity index (χ3v) is 5.05. The van der Waals surface area contributed by atoms with E-state index in [1.54, 1.807) is 0 Å². The van der Waals surface area contributed by atoms with E-state index in [0.717, 1.165) is 18.2 Å². The van der Waals surface area contributed by atoms with Gasteiger partial charge in [0.05, 0.1) is 5.75 Å². The predicted octanol–water partition coefficient (Wildman–Crippen LogP) is 1.29. The average molecular weight is 251 g/mol. The smallest absolute Gasteiger partial charge is 0.147 e. The van der Waals surface area contributed by atoms with Gasteiger partial charge in [-0.25, -0.2) is 8.42 Å². The van der Waals surface area contributed by atoms with Crippen LogP contribution >= 0.6 is 11.8 Å². The molecule has 3 nitrogen and oxygen atoms in total. The molecule has 0 heterocycles. The van der Waals surface area contributed by atoms with E-state index in [1.165, 1.54) is 25.5 Å². The van der Waals surface area contributed by atoms with E-state index in [-0.39, 0.29) is 0 Å². The molecule has 1 saturated carbocycles. The highest BCUT2D eigenvalue weighted by Gasteiger charge is 2.25. The van der Waals surface area contributed by atoms with Gasteiger partial charge in [0.25, 0.3) is 0 Å². The van der Waals surface area contributed by atoms with Gasteiger partial charge >= 0.3 is 0 Å². The number of thioether (sulfide) groups is 1. The Bertz CT molecular complexity index is 277. The van der Waals surface area contributed by atoms with Crippen molar-refractivity contribution in [2.75, 3.05) is 24.8 Å². The van der Waals surface area contributed by atoms with Crippen LogP contribution in [0.25, 0.3) is 0 Å². The van der Waals surface area contributed by atoms with E-state index in [2.05, 4.69) is 11.6 Å². The molecule has 0 bridgehead atoms. The lowest BCUT2D eigenvalue weighted by Gasteiger charge is -2.18. The van der Waals surface area contributed by atoms with Crippen LogP contribution in [0.4, 0.5) is 0 Å². The first-order valence-electron chi connectivity index (χ1n) is 5.47. The van der Waals surface area contributed by atoms with Crippen molar-refractivity contribution in [2.24, 2.45) is 0 Å². The van der Waals surface area contributed by atoms with Crippen LogP contribution in [0.5, 0.6) is 0 Å². The second-order valence-electron chi connectivity index (χ2n) is 4.25. The van der Waals surface area contributed by atoms with Crippen LogP contribution in [0.1, 0.15) is 25.7 Å². The van der Waals surface area contributed by atoms with Crippen LogP contribution in [-0.2, 0) is 9.84 Å². The molecule has 0 saturated heterocycles. The largest absolute Gasteiger partial charge is 0.313 e. The molecule has 5 heteroatoms. The molecule has 0 aliphatic heterocycles. The monoisotopic (exact) mass is 251 g/mol. The summed E-state index contributed by atoms with van der Waals surface area (Å²) < 4.78 is 21.8. The Morgan fingerprint density at radius 3 is 2.73 bits per heavy atom. The Morgan fingerprint density at radius 1 is 1.40 bits per heavy atom. The molecule has 2 unspecified atom stereocenters. The maximum Gasteiger partial charge on any atom is 0.147 e. The van der Waals surface area contributed by atoms with Gasteiger partial charge in [-0.1, -0.05) is 6.42 Å². The van der Waals surface area contributed by atoms with E-state index in [1.807, 2.05) is 11.8 Å². The molecule has 0 aromatic heterocycles. The van der Waals surface area contributed by atoms with Crippen molar-refractivity contribution in [1.82, 2.24) is 5.32 Å². The van der Waals surface area contributed by atoms with Gasteiger partial charge in [0, 0.05) is 17.5 Å². The van der Waals surface area contributed by atoms with Crippen molar-refractivity contribution in [3.63, 3.8) is 0 Å². The van der Waals surface area contributed by atoms with Crippen molar-refractivity contribution >= 4 is 21.6 Å². The van der Waals surface area contributed by atoms with Crippen molar-refractivity contribution in [3.05, 3.63) is 0 Å². The summed E-state index contributed by atoms with van der Waals surface area (Å²) in [6.07, 6.45) is 8.02. The Kier molecular flexibility index (Phi) is 5.43. The number of rotatable bonds is 6. The van der Waals surface area contributed by atoms with E-state index < -0.39 is 9.84 Å². The number of hydrogen-bond acceptors (Lipinski definition) is 4. The summed E-state index contributed by atoms with van der Waals surface area (Å²) in [7, 11) is -2.78. The fourth-order valence-corrected chi connectivity index (χ4v) is 3.70. The molecule has 2 atom stereocenters. The van der Waals surface area contributed by atoms with Crippen molar-refractivity contribution in [1.29, 1.82) is 0 Å². The molecule has 0 spiro atoms. The zero-order chi connectivity index (χ0) is 11.3. The zero-order valence-corrected chi connectivity index (χ0v) is 11.2. The van der Waals surface area contributed by atoms with Gasteiger partial charge in [-0.05, 0) is 32.1 Å². The molecule has 1 rings (SSSR count). The third-order valence-electron chi connectivity index (χ3n) is 2.85. The molecule has 0 radical (unpaired) electrons. The minimum atomic E-state index is -2.78. The van der Waals surface area contributed by atoms with Gasteiger partial charge < -0.3 is 5.32 Å². The van der Waals surface area contributed by atoms with Gasteiger partial charge in [-0.3, -0.25) is 0 Å². The maximum atomic E-state index is 10.9. The maximum absolute atomic E-state index is 10.9. The van der Waals surface area contributed by atoms with Crippen molar-refractivity contribution < 1.29 is 8.42 Å². The second-order valence-corrected chi connectivity index (χ2v) is 7.59. The molecule has 1 aliphatic rings. The Hall–Kier alpha value is 0.260. The molecule has 0 aromatic carbocycles. The Morgan fingerprint density at radius 2 is 2.13 bits per heavy atom. The summed E-state index contributed by atoms with van der Waals surface area (Å²) in [5.74, 6) is 0.302. The molecule has 0 amide bonds. The normalized spacial score (nSPS) is 27.1. The summed E-state index contributed by atoms with van der Waals surface area (Å²) >= 11 is 1.92. The lowest BCUT2D eigenvalue weighted by atomic mass is 10.2. The van der Waals surface area contributed by atoms with Crippen LogP contribution in [0.3, 0.4) is 0 Å². The molecule has 1 aliphatic carbocycles. The highest BCUT2D eigenvalue weighted by molar-refractivity contribution is 7.99. The first kappa shape index (κ1) is 13.3. The van der Waals surface area contributed by atoms with Gasteiger partial charge in [0.15, 0.2) is 0 Å². The fourth-order valence-electron chi connectivity index (χ4n) is 2.06. The van der Waals surface area contributed by atoms with Gasteiger partial charge in [-0.15, -0.1) is 0 Å². The van der Waals surface area contributed by atoms with E-state index in [0.29, 0.717) is 11.8 Å². The minimum Gasteiger partial charge on any atom is -0.313 e. The Labute approximate surface area is 97.3 Å². The molecular formula is C10H21NO2S2. The van der Waals surface area contributed by atoms with E-state index >= 15 is 0 Å². The number of hydrogen-bond donors (Lipinski definition) is 1. The summed E-state index contributed by atoms with van der Waals surface area (Å²) in [5.41, 5.74) is 0. The Balaban J connectivity index is 2.15. The van der Waals surface area contributed by atoms with Crippen LogP contribution in [0, 0.1) is 0 Å². The van der Waals surface area contributed by atoms with E-state index in [4.69, 9.17) is 0 Å². The van der Waals surface area contributed by atoms with Crippen LogP contribution in [0.2, 0.25) is 0 Å². The molecule has 1 N–H and O–H groups in total. The highest BCUT2D eigenvalue weighted by Crippen LogP contribution is 2.28. The summed E-state index contributed by atoms with van der Waals surface area (Å²) in [4.78, 5) is 0. The lowest BCUT2D eigenvalue weighted by Crippen LogP contribution is -2.35. The number of sulfone groups is 1. The van der Waals surface area contributed by atoms with Crippen LogP contribution < -0.4 is 5.32 Å².